The molecule has 3 heterocycles. The fraction of sp³-hybridized carbons (Fsp3) is 0.389. The summed E-state index contributed by atoms with van der Waals surface area (Å²) in [6.45, 7) is 2.83. The number of rotatable bonds is 3. The lowest BCUT2D eigenvalue weighted by molar-refractivity contribution is 0.302. The number of nitrogens with one attached hydrogen (secondary N) is 1. The van der Waals surface area contributed by atoms with E-state index in [2.05, 4.69) is 16.4 Å². The Morgan fingerprint density at radius 1 is 1.38 bits per heavy atom. The van der Waals surface area contributed by atoms with Gasteiger partial charge in [0.25, 0.3) is 0 Å². The average Bonchev–Trinajstić information content (AvgIpc) is 3.20. The standard InChI is InChI=1S/C18H19ClN4S/c19-11-3-1-2-10(6-11)8-23-9-13-14(22-23)5-4-12-16(15-7-21-15)18(20)24-17(12)13/h1-3,6,13,15,21H,4-5,7-9,20H2/t13?,15-/m1/s1. The van der Waals surface area contributed by atoms with Gasteiger partial charge in [0.05, 0.1) is 17.5 Å². The van der Waals surface area contributed by atoms with Gasteiger partial charge in [-0.15, -0.1) is 11.3 Å². The second kappa shape index (κ2) is 5.48. The Labute approximate surface area is 150 Å². The molecule has 0 bridgehead atoms. The van der Waals surface area contributed by atoms with E-state index in [1.54, 1.807) is 11.3 Å². The van der Waals surface area contributed by atoms with Gasteiger partial charge < -0.3 is 11.1 Å². The van der Waals surface area contributed by atoms with Gasteiger partial charge in [-0.25, -0.2) is 0 Å². The molecular formula is C18H19ClN4S. The number of hydrogen-bond acceptors (Lipinski definition) is 5. The SMILES string of the molecule is Nc1sc2c(c1[C@H]1CN1)CCC1=NN(Cc3cccc(Cl)c3)CC12. The van der Waals surface area contributed by atoms with Crippen LogP contribution in [0.4, 0.5) is 5.00 Å². The molecule has 2 aliphatic heterocycles. The van der Waals surface area contributed by atoms with Crippen molar-refractivity contribution in [3.8, 4) is 0 Å². The molecule has 0 spiro atoms. The lowest BCUT2D eigenvalue weighted by atomic mass is 9.85. The molecule has 0 radical (unpaired) electrons. The topological polar surface area (TPSA) is 63.6 Å². The second-order valence-corrected chi connectivity index (χ2v) is 8.32. The van der Waals surface area contributed by atoms with Crippen LogP contribution in [0.25, 0.3) is 0 Å². The Morgan fingerprint density at radius 2 is 2.25 bits per heavy atom. The van der Waals surface area contributed by atoms with Crippen molar-refractivity contribution in [1.29, 1.82) is 0 Å². The van der Waals surface area contributed by atoms with E-state index in [0.29, 0.717) is 12.0 Å². The maximum atomic E-state index is 6.33. The second-order valence-electron chi connectivity index (χ2n) is 6.80. The van der Waals surface area contributed by atoms with Gasteiger partial charge in [-0.1, -0.05) is 23.7 Å². The van der Waals surface area contributed by atoms with Crippen molar-refractivity contribution >= 4 is 33.7 Å². The molecule has 2 atom stereocenters. The number of benzene rings is 1. The molecule has 4 nitrogen and oxygen atoms in total. The van der Waals surface area contributed by atoms with Crippen molar-refractivity contribution in [1.82, 2.24) is 10.3 Å². The van der Waals surface area contributed by atoms with Gasteiger partial charge in [0, 0.05) is 40.3 Å². The van der Waals surface area contributed by atoms with Crippen molar-refractivity contribution in [2.24, 2.45) is 5.10 Å². The molecule has 1 fully saturated rings. The first-order chi connectivity index (χ1) is 11.7. The van der Waals surface area contributed by atoms with E-state index in [1.807, 2.05) is 18.2 Å². The average molecular weight is 359 g/mol. The fourth-order valence-electron chi connectivity index (χ4n) is 3.97. The predicted octanol–water partition coefficient (Wildman–Crippen LogP) is 3.53. The van der Waals surface area contributed by atoms with Crippen LogP contribution < -0.4 is 11.1 Å². The lowest BCUT2D eigenvalue weighted by Crippen LogP contribution is -2.21. The third kappa shape index (κ3) is 2.42. The Hall–Kier alpha value is -1.56. The van der Waals surface area contributed by atoms with Gasteiger partial charge in [0.1, 0.15) is 0 Å². The molecule has 1 aromatic carbocycles. The molecule has 1 aromatic heterocycles. The zero-order valence-electron chi connectivity index (χ0n) is 13.3. The summed E-state index contributed by atoms with van der Waals surface area (Å²) in [7, 11) is 0. The van der Waals surface area contributed by atoms with Crippen LogP contribution in [-0.2, 0) is 13.0 Å². The van der Waals surface area contributed by atoms with Crippen LogP contribution in [0.2, 0.25) is 5.02 Å². The van der Waals surface area contributed by atoms with Crippen molar-refractivity contribution < 1.29 is 0 Å². The number of hydrazone groups is 1. The summed E-state index contributed by atoms with van der Waals surface area (Å²) < 4.78 is 0. The summed E-state index contributed by atoms with van der Waals surface area (Å²) in [5.41, 5.74) is 11.7. The lowest BCUT2D eigenvalue weighted by Gasteiger charge is -2.20. The van der Waals surface area contributed by atoms with E-state index < -0.39 is 0 Å². The highest BCUT2D eigenvalue weighted by atomic mass is 35.5. The van der Waals surface area contributed by atoms with Crippen molar-refractivity contribution in [2.45, 2.75) is 31.3 Å². The third-order valence-corrected chi connectivity index (χ3v) is 6.56. The van der Waals surface area contributed by atoms with Crippen LogP contribution in [0.1, 0.15) is 39.9 Å². The molecule has 2 aromatic rings. The number of nitrogens with two attached hydrogens (primary N) is 1. The summed E-state index contributed by atoms with van der Waals surface area (Å²) in [5, 5.41) is 12.3. The van der Waals surface area contributed by atoms with Crippen LogP contribution in [0.3, 0.4) is 0 Å². The highest BCUT2D eigenvalue weighted by Gasteiger charge is 2.39. The minimum absolute atomic E-state index is 0.424. The van der Waals surface area contributed by atoms with Crippen molar-refractivity contribution in [2.75, 3.05) is 18.8 Å². The minimum atomic E-state index is 0.424. The van der Waals surface area contributed by atoms with Crippen LogP contribution in [0.15, 0.2) is 29.4 Å². The number of hydrogen-bond donors (Lipinski definition) is 2. The first kappa shape index (κ1) is 14.8. The molecule has 124 valence electrons. The van der Waals surface area contributed by atoms with Crippen LogP contribution in [0, 0.1) is 0 Å². The third-order valence-electron chi connectivity index (χ3n) is 5.13. The normalized spacial score (nSPS) is 24.5. The molecule has 24 heavy (non-hydrogen) atoms. The molecule has 1 unspecified atom stereocenters. The Bertz CT molecular complexity index is 840. The molecule has 0 amide bonds. The Balaban J connectivity index is 1.41. The minimum Gasteiger partial charge on any atom is -0.390 e. The van der Waals surface area contributed by atoms with Crippen LogP contribution in [-0.4, -0.2) is 23.8 Å². The quantitative estimate of drug-likeness (QED) is 0.825. The number of thiophene rings is 1. The first-order valence-corrected chi connectivity index (χ1v) is 9.59. The first-order valence-electron chi connectivity index (χ1n) is 8.40. The molecule has 1 aliphatic carbocycles. The molecule has 0 saturated carbocycles. The number of fused-ring (bicyclic) bond motifs is 3. The summed E-state index contributed by atoms with van der Waals surface area (Å²) in [4.78, 5) is 1.45. The highest BCUT2D eigenvalue weighted by Crippen LogP contribution is 2.47. The van der Waals surface area contributed by atoms with E-state index in [1.165, 1.54) is 27.3 Å². The number of anilines is 1. The van der Waals surface area contributed by atoms with Gasteiger partial charge in [-0.2, -0.15) is 5.10 Å². The molecule has 3 N–H and O–H groups in total. The maximum absolute atomic E-state index is 6.33. The highest BCUT2D eigenvalue weighted by molar-refractivity contribution is 7.16. The van der Waals surface area contributed by atoms with Gasteiger partial charge in [0.15, 0.2) is 0 Å². The van der Waals surface area contributed by atoms with E-state index in [4.69, 9.17) is 22.4 Å². The summed E-state index contributed by atoms with van der Waals surface area (Å²) in [6, 6.07) is 8.54. The molecule has 6 heteroatoms. The molecular weight excluding hydrogens is 340 g/mol. The van der Waals surface area contributed by atoms with Crippen LogP contribution >= 0.6 is 22.9 Å². The summed E-state index contributed by atoms with van der Waals surface area (Å²) in [6.07, 6.45) is 2.14. The van der Waals surface area contributed by atoms with E-state index in [0.717, 1.165) is 42.5 Å². The number of nitrogens with zero attached hydrogens (tertiary/aromatic N) is 2. The van der Waals surface area contributed by atoms with Gasteiger partial charge in [-0.05, 0) is 36.1 Å². The van der Waals surface area contributed by atoms with E-state index in [-0.39, 0.29) is 0 Å². The van der Waals surface area contributed by atoms with E-state index in [9.17, 15) is 0 Å². The van der Waals surface area contributed by atoms with E-state index >= 15 is 0 Å². The van der Waals surface area contributed by atoms with Gasteiger partial charge in [0.2, 0.25) is 0 Å². The molecule has 3 aliphatic rings. The molecule has 5 rings (SSSR count). The smallest absolute Gasteiger partial charge is 0.0911 e. The summed E-state index contributed by atoms with van der Waals surface area (Å²) in [5.74, 6) is 0.424. The van der Waals surface area contributed by atoms with Gasteiger partial charge in [-0.3, -0.25) is 5.01 Å². The number of nitrogen functional groups attached to an aromatic ring is 1. The van der Waals surface area contributed by atoms with Crippen molar-refractivity contribution in [3.05, 3.63) is 50.9 Å². The Morgan fingerprint density at radius 3 is 3.04 bits per heavy atom. The zero-order valence-corrected chi connectivity index (χ0v) is 14.8. The molecule has 1 saturated heterocycles. The Kier molecular flexibility index (Phi) is 3.37. The monoisotopic (exact) mass is 358 g/mol. The van der Waals surface area contributed by atoms with Crippen molar-refractivity contribution in [3.63, 3.8) is 0 Å². The summed E-state index contributed by atoms with van der Waals surface area (Å²) >= 11 is 7.88. The van der Waals surface area contributed by atoms with Crippen LogP contribution in [0.5, 0.6) is 0 Å². The number of halogens is 1. The fourth-order valence-corrected chi connectivity index (χ4v) is 5.48. The predicted molar refractivity (Wildman–Crippen MR) is 99.8 cm³/mol. The van der Waals surface area contributed by atoms with Gasteiger partial charge >= 0.3 is 0 Å². The maximum Gasteiger partial charge on any atom is 0.0911 e. The zero-order chi connectivity index (χ0) is 16.3. The largest absolute Gasteiger partial charge is 0.390 e.